The molecule has 0 radical (unpaired) electrons. The van der Waals surface area contributed by atoms with Gasteiger partial charge in [0, 0.05) is 29.2 Å². The van der Waals surface area contributed by atoms with Crippen LogP contribution in [-0.2, 0) is 16.0 Å². The van der Waals surface area contributed by atoms with Crippen molar-refractivity contribution < 1.29 is 18.7 Å². The highest BCUT2D eigenvalue weighted by molar-refractivity contribution is 5.97. The summed E-state index contributed by atoms with van der Waals surface area (Å²) >= 11 is 0. The fourth-order valence-corrected chi connectivity index (χ4v) is 2.81. The minimum absolute atomic E-state index is 0.200. The lowest BCUT2D eigenvalue weighted by molar-refractivity contribution is -0.118. The lowest BCUT2D eigenvalue weighted by atomic mass is 10.0. The Morgan fingerprint density at radius 1 is 1.15 bits per heavy atom. The van der Waals surface area contributed by atoms with E-state index in [1.54, 1.807) is 6.92 Å². The zero-order chi connectivity index (χ0) is 19.2. The summed E-state index contributed by atoms with van der Waals surface area (Å²) in [5.41, 5.74) is 2.28. The first-order chi connectivity index (χ1) is 13.1. The second-order valence-electron chi connectivity index (χ2n) is 5.98. The lowest BCUT2D eigenvalue weighted by Crippen LogP contribution is -2.45. The molecule has 1 aromatic heterocycles. The van der Waals surface area contributed by atoms with Crippen molar-refractivity contribution in [1.29, 1.82) is 0 Å². The van der Waals surface area contributed by atoms with Crippen molar-refractivity contribution in [1.82, 2.24) is 10.3 Å². The summed E-state index contributed by atoms with van der Waals surface area (Å²) in [4.78, 5) is 27.7. The Morgan fingerprint density at radius 2 is 1.89 bits per heavy atom. The van der Waals surface area contributed by atoms with E-state index < -0.39 is 23.9 Å². The molecule has 7 heteroatoms. The molecule has 0 saturated carbocycles. The molecule has 0 bridgehead atoms. The minimum atomic E-state index is -0.853. The van der Waals surface area contributed by atoms with Crippen molar-refractivity contribution in [3.8, 4) is 0 Å². The van der Waals surface area contributed by atoms with E-state index >= 15 is 0 Å². The maximum Gasteiger partial charge on any atom is 0.407 e. The van der Waals surface area contributed by atoms with Crippen molar-refractivity contribution in [2.24, 2.45) is 0 Å². The van der Waals surface area contributed by atoms with E-state index in [-0.39, 0.29) is 13.0 Å². The molecule has 0 aliphatic heterocycles. The third-order valence-corrected chi connectivity index (χ3v) is 4.09. The molecule has 140 valence electrons. The van der Waals surface area contributed by atoms with Gasteiger partial charge >= 0.3 is 6.09 Å². The highest BCUT2D eigenvalue weighted by Crippen LogP contribution is 2.20. The predicted molar refractivity (Wildman–Crippen MR) is 101 cm³/mol. The third-order valence-electron chi connectivity index (χ3n) is 4.09. The van der Waals surface area contributed by atoms with Crippen LogP contribution in [0.1, 0.15) is 12.5 Å². The normalized spacial score (nSPS) is 11.8. The zero-order valence-electron chi connectivity index (χ0n) is 14.8. The van der Waals surface area contributed by atoms with Crippen LogP contribution in [0.15, 0.2) is 54.7 Å². The van der Waals surface area contributed by atoms with Crippen LogP contribution in [0.4, 0.5) is 14.9 Å². The number of fused-ring (bicyclic) bond motifs is 1. The summed E-state index contributed by atoms with van der Waals surface area (Å²) in [6.07, 6.45) is 1.42. The van der Waals surface area contributed by atoms with E-state index in [2.05, 4.69) is 15.6 Å². The standard InChI is InChI=1S/C20H20FN3O3/c1-2-27-20(26)24-18(19(25)23-15-9-7-14(21)8-10-15)11-13-12-22-17-6-4-3-5-16(13)17/h3-10,12,18,22H,2,11H2,1H3,(H,23,25)(H,24,26)/t18-/m1/s1. The van der Waals surface area contributed by atoms with Gasteiger partial charge in [-0.1, -0.05) is 18.2 Å². The number of aromatic amines is 1. The molecular weight excluding hydrogens is 349 g/mol. The first-order valence-corrected chi connectivity index (χ1v) is 8.61. The van der Waals surface area contributed by atoms with Crippen LogP contribution in [0.25, 0.3) is 10.9 Å². The van der Waals surface area contributed by atoms with Gasteiger partial charge in [-0.05, 0) is 42.8 Å². The Morgan fingerprint density at radius 3 is 2.63 bits per heavy atom. The molecule has 0 saturated heterocycles. The summed E-state index contributed by atoms with van der Waals surface area (Å²) < 4.78 is 18.0. The summed E-state index contributed by atoms with van der Waals surface area (Å²) in [6, 6.07) is 12.3. The fourth-order valence-electron chi connectivity index (χ4n) is 2.81. The molecule has 2 amide bonds. The van der Waals surface area contributed by atoms with E-state index in [4.69, 9.17) is 4.74 Å². The molecule has 0 aliphatic carbocycles. The number of halogens is 1. The van der Waals surface area contributed by atoms with Crippen LogP contribution in [0.3, 0.4) is 0 Å². The number of para-hydroxylation sites is 1. The van der Waals surface area contributed by atoms with Gasteiger partial charge in [0.05, 0.1) is 6.61 Å². The third kappa shape index (κ3) is 4.63. The van der Waals surface area contributed by atoms with Gasteiger partial charge in [-0.3, -0.25) is 4.79 Å². The smallest absolute Gasteiger partial charge is 0.407 e. The number of aromatic nitrogens is 1. The summed E-state index contributed by atoms with van der Waals surface area (Å²) in [6.45, 7) is 1.89. The summed E-state index contributed by atoms with van der Waals surface area (Å²) in [5.74, 6) is -0.812. The molecule has 1 heterocycles. The molecule has 0 unspecified atom stereocenters. The molecule has 6 nitrogen and oxygen atoms in total. The monoisotopic (exact) mass is 369 g/mol. The van der Waals surface area contributed by atoms with E-state index in [1.807, 2.05) is 30.5 Å². The number of ether oxygens (including phenoxy) is 1. The van der Waals surface area contributed by atoms with Crippen LogP contribution in [0.2, 0.25) is 0 Å². The molecule has 0 fully saturated rings. The van der Waals surface area contributed by atoms with E-state index in [0.717, 1.165) is 16.5 Å². The minimum Gasteiger partial charge on any atom is -0.450 e. The highest BCUT2D eigenvalue weighted by Gasteiger charge is 2.23. The average Bonchev–Trinajstić information content (AvgIpc) is 3.06. The first-order valence-electron chi connectivity index (χ1n) is 8.61. The van der Waals surface area contributed by atoms with Crippen LogP contribution in [-0.4, -0.2) is 29.6 Å². The quantitative estimate of drug-likeness (QED) is 0.621. The Bertz CT molecular complexity index is 937. The van der Waals surface area contributed by atoms with Gasteiger partial charge in [0.25, 0.3) is 0 Å². The number of hydrogen-bond donors (Lipinski definition) is 3. The molecule has 1 atom stereocenters. The van der Waals surface area contributed by atoms with Gasteiger partial charge in [-0.15, -0.1) is 0 Å². The van der Waals surface area contributed by atoms with Gasteiger partial charge in [-0.25, -0.2) is 9.18 Å². The van der Waals surface area contributed by atoms with Gasteiger partial charge < -0.3 is 20.4 Å². The molecule has 0 aliphatic rings. The fraction of sp³-hybridized carbons (Fsp3) is 0.200. The largest absolute Gasteiger partial charge is 0.450 e. The van der Waals surface area contributed by atoms with Crippen molar-refractivity contribution in [2.45, 2.75) is 19.4 Å². The molecule has 2 aromatic carbocycles. The molecular formula is C20H20FN3O3. The number of nitrogens with one attached hydrogen (secondary N) is 3. The van der Waals surface area contributed by atoms with Gasteiger partial charge in [0.2, 0.25) is 5.91 Å². The maximum atomic E-state index is 13.1. The second-order valence-corrected chi connectivity index (χ2v) is 5.98. The number of amides is 2. The maximum absolute atomic E-state index is 13.1. The SMILES string of the molecule is CCOC(=O)N[C@H](Cc1c[nH]c2ccccc12)C(=O)Nc1ccc(F)cc1. The van der Waals surface area contributed by atoms with E-state index in [9.17, 15) is 14.0 Å². The van der Waals surface area contributed by atoms with Crippen molar-refractivity contribution in [2.75, 3.05) is 11.9 Å². The van der Waals surface area contributed by atoms with Crippen LogP contribution in [0, 0.1) is 5.82 Å². The number of rotatable bonds is 6. The molecule has 0 spiro atoms. The zero-order valence-corrected chi connectivity index (χ0v) is 14.8. The molecule has 3 rings (SSSR count). The molecule has 27 heavy (non-hydrogen) atoms. The van der Waals surface area contributed by atoms with E-state index in [0.29, 0.717) is 5.69 Å². The second kappa shape index (κ2) is 8.35. The van der Waals surface area contributed by atoms with Crippen molar-refractivity contribution in [3.05, 3.63) is 66.1 Å². The van der Waals surface area contributed by atoms with Crippen LogP contribution < -0.4 is 10.6 Å². The summed E-state index contributed by atoms with van der Waals surface area (Å²) in [7, 11) is 0. The number of carbonyl (C=O) groups is 2. The number of anilines is 1. The number of carbonyl (C=O) groups excluding carboxylic acids is 2. The Labute approximate surface area is 155 Å². The van der Waals surface area contributed by atoms with Gasteiger partial charge in [-0.2, -0.15) is 0 Å². The first kappa shape index (κ1) is 18.4. The highest BCUT2D eigenvalue weighted by atomic mass is 19.1. The van der Waals surface area contributed by atoms with Crippen molar-refractivity contribution >= 4 is 28.6 Å². The topological polar surface area (TPSA) is 83.2 Å². The number of hydrogen-bond acceptors (Lipinski definition) is 3. The van der Waals surface area contributed by atoms with Crippen LogP contribution >= 0.6 is 0 Å². The van der Waals surface area contributed by atoms with Crippen molar-refractivity contribution in [3.63, 3.8) is 0 Å². The molecule has 3 N–H and O–H groups in total. The average molecular weight is 369 g/mol. The van der Waals surface area contributed by atoms with E-state index in [1.165, 1.54) is 24.3 Å². The lowest BCUT2D eigenvalue weighted by Gasteiger charge is -2.18. The van der Waals surface area contributed by atoms with Crippen LogP contribution in [0.5, 0.6) is 0 Å². The predicted octanol–water partition coefficient (Wildman–Crippen LogP) is 3.60. The number of benzene rings is 2. The molecule has 3 aromatic rings. The van der Waals surface area contributed by atoms with Gasteiger partial charge in [0.1, 0.15) is 11.9 Å². The van der Waals surface area contributed by atoms with Gasteiger partial charge in [0.15, 0.2) is 0 Å². The Balaban J connectivity index is 1.80. The Hall–Kier alpha value is -3.35. The Kier molecular flexibility index (Phi) is 5.71. The number of H-pyrrole nitrogens is 1. The number of alkyl carbamates (subject to hydrolysis) is 1. The summed E-state index contributed by atoms with van der Waals surface area (Å²) in [5, 5.41) is 6.26.